The number of fused-ring (bicyclic) bond motifs is 1. The molecule has 94 valence electrons. The number of ether oxygens (including phenoxy) is 1. The standard InChI is InChI=1S/C14H21NO2/c1-16-11-6-5-10(9-11)15-13-3-2-4-14-12(13)7-8-17-14/h7-8,10-11,13,15H,2-6,9H2,1H3. The summed E-state index contributed by atoms with van der Waals surface area (Å²) >= 11 is 0. The monoisotopic (exact) mass is 235 g/mol. The molecule has 1 saturated carbocycles. The number of nitrogens with one attached hydrogen (secondary N) is 1. The second-order valence-corrected chi connectivity index (χ2v) is 5.28. The van der Waals surface area contributed by atoms with Gasteiger partial charge in [-0.3, -0.25) is 0 Å². The molecular formula is C14H21NO2. The molecule has 1 aromatic rings. The van der Waals surface area contributed by atoms with Crippen LogP contribution in [0.5, 0.6) is 0 Å². The number of hydrogen-bond donors (Lipinski definition) is 1. The molecule has 3 rings (SSSR count). The Balaban J connectivity index is 1.64. The van der Waals surface area contributed by atoms with Gasteiger partial charge in [0.1, 0.15) is 5.76 Å². The molecule has 0 radical (unpaired) electrons. The lowest BCUT2D eigenvalue weighted by atomic mass is 9.92. The smallest absolute Gasteiger partial charge is 0.108 e. The van der Waals surface area contributed by atoms with Crippen LogP contribution < -0.4 is 5.32 Å². The highest BCUT2D eigenvalue weighted by Gasteiger charge is 2.29. The lowest BCUT2D eigenvalue weighted by molar-refractivity contribution is 0.106. The lowest BCUT2D eigenvalue weighted by Gasteiger charge is -2.26. The third kappa shape index (κ3) is 2.26. The number of hydrogen-bond acceptors (Lipinski definition) is 3. The summed E-state index contributed by atoms with van der Waals surface area (Å²) in [7, 11) is 1.82. The van der Waals surface area contributed by atoms with Crippen LogP contribution in [0.2, 0.25) is 0 Å². The first-order chi connectivity index (χ1) is 8.36. The highest BCUT2D eigenvalue weighted by Crippen LogP contribution is 2.32. The van der Waals surface area contributed by atoms with E-state index >= 15 is 0 Å². The highest BCUT2D eigenvalue weighted by atomic mass is 16.5. The fraction of sp³-hybridized carbons (Fsp3) is 0.714. The fourth-order valence-corrected chi connectivity index (χ4v) is 3.25. The van der Waals surface area contributed by atoms with Gasteiger partial charge in [0.25, 0.3) is 0 Å². The molecule has 3 unspecified atom stereocenters. The lowest BCUT2D eigenvalue weighted by Crippen LogP contribution is -2.33. The van der Waals surface area contributed by atoms with Crippen molar-refractivity contribution in [1.29, 1.82) is 0 Å². The molecule has 0 aliphatic heterocycles. The molecule has 0 aromatic carbocycles. The van der Waals surface area contributed by atoms with Gasteiger partial charge in [-0.1, -0.05) is 0 Å². The van der Waals surface area contributed by atoms with Crippen LogP contribution in [-0.4, -0.2) is 19.3 Å². The minimum Gasteiger partial charge on any atom is -0.469 e. The number of methoxy groups -OCH3 is 1. The van der Waals surface area contributed by atoms with Crippen LogP contribution in [-0.2, 0) is 11.2 Å². The Morgan fingerprint density at radius 3 is 3.12 bits per heavy atom. The zero-order chi connectivity index (χ0) is 11.7. The van der Waals surface area contributed by atoms with Gasteiger partial charge in [0.2, 0.25) is 0 Å². The summed E-state index contributed by atoms with van der Waals surface area (Å²) in [5.74, 6) is 1.19. The molecule has 0 spiro atoms. The maximum atomic E-state index is 5.53. The Hall–Kier alpha value is -0.800. The van der Waals surface area contributed by atoms with Crippen LogP contribution in [0, 0.1) is 0 Å². The maximum absolute atomic E-state index is 5.53. The summed E-state index contributed by atoms with van der Waals surface area (Å²) < 4.78 is 11.0. The van der Waals surface area contributed by atoms with Crippen molar-refractivity contribution in [2.45, 2.75) is 56.7 Å². The van der Waals surface area contributed by atoms with E-state index in [-0.39, 0.29) is 0 Å². The van der Waals surface area contributed by atoms with E-state index in [1.54, 1.807) is 0 Å². The molecule has 0 bridgehead atoms. The Morgan fingerprint density at radius 1 is 1.35 bits per heavy atom. The van der Waals surface area contributed by atoms with E-state index in [1.807, 2.05) is 13.4 Å². The van der Waals surface area contributed by atoms with Crippen LogP contribution in [0.3, 0.4) is 0 Å². The van der Waals surface area contributed by atoms with Gasteiger partial charge in [0, 0.05) is 31.2 Å². The Morgan fingerprint density at radius 2 is 2.29 bits per heavy atom. The molecule has 17 heavy (non-hydrogen) atoms. The number of rotatable bonds is 3. The first-order valence-electron chi connectivity index (χ1n) is 6.72. The predicted molar refractivity (Wildman–Crippen MR) is 66.0 cm³/mol. The van der Waals surface area contributed by atoms with Crippen molar-refractivity contribution in [1.82, 2.24) is 5.32 Å². The van der Waals surface area contributed by atoms with Gasteiger partial charge in [-0.05, 0) is 38.2 Å². The Kier molecular flexibility index (Phi) is 3.21. The molecule has 1 aromatic heterocycles. The van der Waals surface area contributed by atoms with Crippen molar-refractivity contribution in [2.75, 3.05) is 7.11 Å². The van der Waals surface area contributed by atoms with E-state index in [0.717, 1.165) is 12.8 Å². The van der Waals surface area contributed by atoms with Crippen LogP contribution >= 0.6 is 0 Å². The van der Waals surface area contributed by atoms with Crippen LogP contribution in [0.4, 0.5) is 0 Å². The summed E-state index contributed by atoms with van der Waals surface area (Å²) in [6, 6.07) is 3.25. The van der Waals surface area contributed by atoms with Gasteiger partial charge < -0.3 is 14.5 Å². The van der Waals surface area contributed by atoms with E-state index in [4.69, 9.17) is 9.15 Å². The van der Waals surface area contributed by atoms with Gasteiger partial charge in [0.05, 0.1) is 12.4 Å². The van der Waals surface area contributed by atoms with Crippen LogP contribution in [0.25, 0.3) is 0 Å². The van der Waals surface area contributed by atoms with Crippen molar-refractivity contribution < 1.29 is 9.15 Å². The van der Waals surface area contributed by atoms with Crippen molar-refractivity contribution in [3.8, 4) is 0 Å². The molecule has 0 amide bonds. The zero-order valence-electron chi connectivity index (χ0n) is 10.4. The van der Waals surface area contributed by atoms with E-state index in [2.05, 4.69) is 11.4 Å². The second kappa shape index (κ2) is 4.83. The molecule has 1 heterocycles. The molecule has 3 heteroatoms. The second-order valence-electron chi connectivity index (χ2n) is 5.28. The summed E-state index contributed by atoms with van der Waals surface area (Å²) in [6.45, 7) is 0. The van der Waals surface area contributed by atoms with Gasteiger partial charge in [-0.15, -0.1) is 0 Å². The van der Waals surface area contributed by atoms with Crippen molar-refractivity contribution in [2.24, 2.45) is 0 Å². The molecule has 1 fully saturated rings. The first-order valence-corrected chi connectivity index (χ1v) is 6.72. The average Bonchev–Trinajstić information content (AvgIpc) is 2.97. The molecule has 2 aliphatic carbocycles. The van der Waals surface area contributed by atoms with E-state index in [9.17, 15) is 0 Å². The fourth-order valence-electron chi connectivity index (χ4n) is 3.25. The van der Waals surface area contributed by atoms with E-state index in [1.165, 1.54) is 37.0 Å². The maximum Gasteiger partial charge on any atom is 0.108 e. The summed E-state index contributed by atoms with van der Waals surface area (Å²) in [4.78, 5) is 0. The summed E-state index contributed by atoms with van der Waals surface area (Å²) in [6.07, 6.45) is 9.45. The summed E-state index contributed by atoms with van der Waals surface area (Å²) in [5, 5.41) is 3.78. The third-order valence-electron chi connectivity index (χ3n) is 4.21. The average molecular weight is 235 g/mol. The first kappa shape index (κ1) is 11.3. The van der Waals surface area contributed by atoms with E-state index < -0.39 is 0 Å². The molecule has 0 saturated heterocycles. The quantitative estimate of drug-likeness (QED) is 0.874. The van der Waals surface area contributed by atoms with Gasteiger partial charge in [-0.2, -0.15) is 0 Å². The predicted octanol–water partition coefficient (Wildman–Crippen LogP) is 2.81. The topological polar surface area (TPSA) is 34.4 Å². The van der Waals surface area contributed by atoms with Crippen molar-refractivity contribution in [3.05, 3.63) is 23.7 Å². The molecule has 2 aliphatic rings. The Bertz CT molecular complexity index is 374. The third-order valence-corrected chi connectivity index (χ3v) is 4.21. The van der Waals surface area contributed by atoms with Crippen LogP contribution in [0.15, 0.2) is 16.7 Å². The minimum atomic E-state index is 0.458. The number of furan rings is 1. The van der Waals surface area contributed by atoms with Gasteiger partial charge in [-0.25, -0.2) is 0 Å². The van der Waals surface area contributed by atoms with Crippen molar-refractivity contribution in [3.63, 3.8) is 0 Å². The minimum absolute atomic E-state index is 0.458. The summed E-state index contributed by atoms with van der Waals surface area (Å²) in [5.41, 5.74) is 1.39. The van der Waals surface area contributed by atoms with Gasteiger partial charge >= 0.3 is 0 Å². The van der Waals surface area contributed by atoms with E-state index in [0.29, 0.717) is 18.2 Å². The molecular weight excluding hydrogens is 214 g/mol. The largest absolute Gasteiger partial charge is 0.469 e. The molecule has 1 N–H and O–H groups in total. The zero-order valence-corrected chi connectivity index (χ0v) is 10.4. The van der Waals surface area contributed by atoms with Gasteiger partial charge in [0.15, 0.2) is 0 Å². The highest BCUT2D eigenvalue weighted by molar-refractivity contribution is 5.24. The Labute approximate surface area is 103 Å². The molecule has 3 nitrogen and oxygen atoms in total. The number of aryl methyl sites for hydroxylation is 1. The normalized spacial score (nSPS) is 32.6. The van der Waals surface area contributed by atoms with Crippen LogP contribution in [0.1, 0.15) is 49.5 Å². The SMILES string of the molecule is COC1CCC(NC2CCCc3occc32)C1. The van der Waals surface area contributed by atoms with Crippen molar-refractivity contribution >= 4 is 0 Å². The molecule has 3 atom stereocenters.